The van der Waals surface area contributed by atoms with Crippen molar-refractivity contribution in [2.75, 3.05) is 10.0 Å². The summed E-state index contributed by atoms with van der Waals surface area (Å²) in [7, 11) is -3.86. The second-order valence-corrected chi connectivity index (χ2v) is 7.31. The molecule has 1 aromatic heterocycles. The fraction of sp³-hybridized carbons (Fsp3) is 0.0556. The Morgan fingerprint density at radius 3 is 2.41 bits per heavy atom. The molecule has 0 spiro atoms. The number of amides is 1. The molecule has 27 heavy (non-hydrogen) atoms. The number of hydrogen-bond acceptors (Lipinski definition) is 6. The smallest absolute Gasteiger partial charge is 0.264 e. The molecule has 3 rings (SSSR count). The number of aromatic hydroxyl groups is 1. The highest BCUT2D eigenvalue weighted by molar-refractivity contribution is 7.92. The Morgan fingerprint density at radius 1 is 1.04 bits per heavy atom. The summed E-state index contributed by atoms with van der Waals surface area (Å²) in [6.45, 7) is 1.72. The summed E-state index contributed by atoms with van der Waals surface area (Å²) >= 11 is 0. The highest BCUT2D eigenvalue weighted by Crippen LogP contribution is 2.20. The van der Waals surface area contributed by atoms with E-state index in [1.807, 2.05) is 0 Å². The fourth-order valence-corrected chi connectivity index (χ4v) is 3.21. The van der Waals surface area contributed by atoms with E-state index in [0.29, 0.717) is 11.4 Å². The number of rotatable bonds is 5. The number of aromatic nitrogens is 2. The van der Waals surface area contributed by atoms with E-state index < -0.39 is 15.9 Å². The van der Waals surface area contributed by atoms with Gasteiger partial charge in [-0.15, -0.1) is 0 Å². The van der Waals surface area contributed by atoms with Crippen molar-refractivity contribution in [2.45, 2.75) is 11.8 Å². The van der Waals surface area contributed by atoms with E-state index in [0.717, 1.165) is 0 Å². The van der Waals surface area contributed by atoms with Crippen molar-refractivity contribution in [3.63, 3.8) is 0 Å². The first-order valence-corrected chi connectivity index (χ1v) is 9.35. The van der Waals surface area contributed by atoms with Crippen LogP contribution in [-0.4, -0.2) is 29.4 Å². The zero-order valence-corrected chi connectivity index (χ0v) is 15.1. The number of phenolic OH excluding ortho intramolecular Hbond substituents is 1. The lowest BCUT2D eigenvalue weighted by Gasteiger charge is -2.09. The van der Waals surface area contributed by atoms with Gasteiger partial charge in [-0.1, -0.05) is 12.1 Å². The predicted molar refractivity (Wildman–Crippen MR) is 100 cm³/mol. The maximum absolute atomic E-state index is 12.4. The molecule has 0 radical (unpaired) electrons. The number of nitrogens with zero attached hydrogens (tertiary/aromatic N) is 2. The molecule has 0 aliphatic heterocycles. The van der Waals surface area contributed by atoms with Gasteiger partial charge in [0.05, 0.1) is 10.5 Å². The predicted octanol–water partition coefficient (Wildman–Crippen LogP) is 2.54. The molecule has 0 fully saturated rings. The second-order valence-electron chi connectivity index (χ2n) is 5.62. The standard InChI is InChI=1S/C18H16N4O4S/c1-12-10-11-19-18(20-12)22-27(25,26)14-8-6-13(7-9-14)21-17(24)15-4-2-3-5-16(15)23/h2-11,23H,1H3,(H,21,24)(H,19,20,22). The minimum absolute atomic E-state index is 0.00633. The zero-order valence-electron chi connectivity index (χ0n) is 14.2. The molecule has 3 aromatic rings. The SMILES string of the molecule is Cc1ccnc(NS(=O)(=O)c2ccc(NC(=O)c3ccccc3O)cc2)n1. The summed E-state index contributed by atoms with van der Waals surface area (Å²) < 4.78 is 27.1. The van der Waals surface area contributed by atoms with Crippen molar-refractivity contribution in [1.29, 1.82) is 0 Å². The first kappa shape index (κ1) is 18.3. The van der Waals surface area contributed by atoms with Crippen LogP contribution < -0.4 is 10.0 Å². The Bertz CT molecular complexity index is 1080. The first-order valence-electron chi connectivity index (χ1n) is 7.87. The van der Waals surface area contributed by atoms with Gasteiger partial charge >= 0.3 is 0 Å². The maximum Gasteiger partial charge on any atom is 0.264 e. The van der Waals surface area contributed by atoms with Crippen LogP contribution in [0.15, 0.2) is 65.7 Å². The van der Waals surface area contributed by atoms with Gasteiger partial charge in [0.2, 0.25) is 5.95 Å². The van der Waals surface area contributed by atoms with Gasteiger partial charge in [-0.2, -0.15) is 0 Å². The Labute approximate surface area is 156 Å². The van der Waals surface area contributed by atoms with Crippen molar-refractivity contribution in [3.8, 4) is 5.75 Å². The largest absolute Gasteiger partial charge is 0.507 e. The molecule has 0 saturated heterocycles. The molecule has 3 N–H and O–H groups in total. The number of carbonyl (C=O) groups is 1. The number of nitrogens with one attached hydrogen (secondary N) is 2. The molecule has 8 nitrogen and oxygen atoms in total. The second kappa shape index (κ2) is 7.42. The lowest BCUT2D eigenvalue weighted by molar-refractivity contribution is 0.102. The van der Waals surface area contributed by atoms with Gasteiger partial charge in [0.15, 0.2) is 0 Å². The van der Waals surface area contributed by atoms with Crippen molar-refractivity contribution < 1.29 is 18.3 Å². The van der Waals surface area contributed by atoms with Crippen molar-refractivity contribution in [2.24, 2.45) is 0 Å². The molecular formula is C18H16N4O4S. The van der Waals surface area contributed by atoms with Crippen LogP contribution in [-0.2, 0) is 10.0 Å². The molecule has 1 amide bonds. The number of benzene rings is 2. The van der Waals surface area contributed by atoms with E-state index in [2.05, 4.69) is 20.0 Å². The minimum atomic E-state index is -3.86. The molecular weight excluding hydrogens is 368 g/mol. The number of para-hydroxylation sites is 1. The van der Waals surface area contributed by atoms with Gasteiger partial charge in [-0.3, -0.25) is 4.79 Å². The molecule has 0 bridgehead atoms. The van der Waals surface area contributed by atoms with Gasteiger partial charge in [0.25, 0.3) is 15.9 Å². The normalized spacial score (nSPS) is 11.0. The maximum atomic E-state index is 12.4. The topological polar surface area (TPSA) is 121 Å². The zero-order chi connectivity index (χ0) is 19.4. The number of phenols is 1. The van der Waals surface area contributed by atoms with E-state index in [1.165, 1.54) is 42.6 Å². The average Bonchev–Trinajstić information content (AvgIpc) is 2.62. The third kappa shape index (κ3) is 4.39. The van der Waals surface area contributed by atoms with E-state index in [1.54, 1.807) is 25.1 Å². The molecule has 9 heteroatoms. The highest BCUT2D eigenvalue weighted by atomic mass is 32.2. The lowest BCUT2D eigenvalue weighted by atomic mass is 10.2. The van der Waals surface area contributed by atoms with Crippen LogP contribution in [0.5, 0.6) is 5.75 Å². The quantitative estimate of drug-likeness (QED) is 0.621. The fourth-order valence-electron chi connectivity index (χ4n) is 2.26. The van der Waals surface area contributed by atoms with E-state index >= 15 is 0 Å². The first-order chi connectivity index (χ1) is 12.8. The van der Waals surface area contributed by atoms with Crippen molar-refractivity contribution >= 4 is 27.6 Å². The van der Waals surface area contributed by atoms with E-state index in [9.17, 15) is 18.3 Å². The third-order valence-corrected chi connectivity index (χ3v) is 4.94. The Hall–Kier alpha value is -3.46. The number of anilines is 2. The van der Waals surface area contributed by atoms with Crippen LogP contribution in [0.1, 0.15) is 16.1 Å². The summed E-state index contributed by atoms with van der Waals surface area (Å²) in [4.78, 5) is 20.0. The van der Waals surface area contributed by atoms with Gasteiger partial charge < -0.3 is 10.4 Å². The molecule has 2 aromatic carbocycles. The minimum Gasteiger partial charge on any atom is -0.507 e. The number of carbonyl (C=O) groups excluding carboxylic acids is 1. The molecule has 1 heterocycles. The Kier molecular flexibility index (Phi) is 5.04. The lowest BCUT2D eigenvalue weighted by Crippen LogP contribution is -2.16. The van der Waals surface area contributed by atoms with Crippen molar-refractivity contribution in [3.05, 3.63) is 72.1 Å². The van der Waals surface area contributed by atoms with Crippen molar-refractivity contribution in [1.82, 2.24) is 9.97 Å². The monoisotopic (exact) mass is 384 g/mol. The van der Waals surface area contributed by atoms with Gasteiger partial charge in [-0.25, -0.2) is 23.1 Å². The van der Waals surface area contributed by atoms with Crippen LogP contribution in [0.3, 0.4) is 0 Å². The molecule has 0 saturated carbocycles. The average molecular weight is 384 g/mol. The molecule has 0 aliphatic carbocycles. The number of sulfonamides is 1. The summed E-state index contributed by atoms with van der Waals surface area (Å²) in [5, 5.41) is 12.3. The summed E-state index contributed by atoms with van der Waals surface area (Å²) in [6, 6.07) is 13.4. The van der Waals surface area contributed by atoms with Gasteiger partial charge in [-0.05, 0) is 49.4 Å². The Morgan fingerprint density at radius 2 is 1.74 bits per heavy atom. The van der Waals surface area contributed by atoms with Crippen LogP contribution in [0, 0.1) is 6.92 Å². The van der Waals surface area contributed by atoms with Crippen LogP contribution in [0.4, 0.5) is 11.6 Å². The number of aryl methyl sites for hydroxylation is 1. The molecule has 0 unspecified atom stereocenters. The molecule has 0 atom stereocenters. The van der Waals surface area contributed by atoms with Crippen LogP contribution in [0.25, 0.3) is 0 Å². The van der Waals surface area contributed by atoms with E-state index in [-0.39, 0.29) is 22.2 Å². The van der Waals surface area contributed by atoms with E-state index in [4.69, 9.17) is 0 Å². The summed E-state index contributed by atoms with van der Waals surface area (Å²) in [6.07, 6.45) is 1.46. The van der Waals surface area contributed by atoms with Gasteiger partial charge in [0, 0.05) is 17.6 Å². The summed E-state index contributed by atoms with van der Waals surface area (Å²) in [5.41, 5.74) is 1.13. The molecule has 138 valence electrons. The Balaban J connectivity index is 1.75. The van der Waals surface area contributed by atoms with Gasteiger partial charge in [0.1, 0.15) is 5.75 Å². The highest BCUT2D eigenvalue weighted by Gasteiger charge is 2.16. The molecule has 0 aliphatic rings. The summed E-state index contributed by atoms with van der Waals surface area (Å²) in [5.74, 6) is -0.668. The van der Waals surface area contributed by atoms with Crippen LogP contribution in [0.2, 0.25) is 0 Å². The number of hydrogen-bond donors (Lipinski definition) is 3. The van der Waals surface area contributed by atoms with Crippen LogP contribution >= 0.6 is 0 Å². The third-order valence-electron chi connectivity index (χ3n) is 3.59.